The van der Waals surface area contributed by atoms with Crippen LogP contribution in [0.15, 0.2) is 72.8 Å². The number of fused-ring (bicyclic) bond motifs is 2. The van der Waals surface area contributed by atoms with E-state index >= 15 is 0 Å². The molecule has 5 amide bonds. The van der Waals surface area contributed by atoms with Crippen molar-refractivity contribution in [1.82, 2.24) is 10.2 Å². The Morgan fingerprint density at radius 1 is 1.02 bits per heavy atom. The topological polar surface area (TPSA) is 149 Å². The summed E-state index contributed by atoms with van der Waals surface area (Å²) >= 11 is 6.24. The molecule has 1 unspecified atom stereocenters. The first-order chi connectivity index (χ1) is 19.2. The molecule has 206 valence electrons. The molecule has 3 aromatic carbocycles. The van der Waals surface area contributed by atoms with Gasteiger partial charge in [0, 0.05) is 41.3 Å². The summed E-state index contributed by atoms with van der Waals surface area (Å²) in [6.07, 6.45) is -1.19. The van der Waals surface area contributed by atoms with Gasteiger partial charge in [-0.25, -0.2) is 14.4 Å². The van der Waals surface area contributed by atoms with Crippen LogP contribution >= 0.6 is 11.6 Å². The third-order valence-corrected chi connectivity index (χ3v) is 7.06. The average Bonchev–Trinajstić information content (AvgIpc) is 3.34. The van der Waals surface area contributed by atoms with E-state index in [4.69, 9.17) is 21.4 Å². The number of benzene rings is 3. The minimum Gasteiger partial charge on any atom is -0.465 e. The number of carboxylic acid groups (broad SMARTS) is 1. The molecule has 0 aliphatic carbocycles. The van der Waals surface area contributed by atoms with E-state index in [0.717, 1.165) is 5.56 Å². The number of anilines is 3. The maximum atomic E-state index is 13.8. The molecule has 5 rings (SSSR count). The van der Waals surface area contributed by atoms with Gasteiger partial charge in [-0.1, -0.05) is 41.9 Å². The number of nitrogens with zero attached hydrogens (tertiary/aromatic N) is 1. The second-order valence-electron chi connectivity index (χ2n) is 9.56. The van der Waals surface area contributed by atoms with Crippen molar-refractivity contribution in [3.63, 3.8) is 0 Å². The minimum absolute atomic E-state index is 0.110. The van der Waals surface area contributed by atoms with Crippen molar-refractivity contribution in [2.75, 3.05) is 29.0 Å². The predicted octanol–water partition coefficient (Wildman–Crippen LogP) is 4.85. The molecular weight excluding hydrogens is 538 g/mol. The Morgan fingerprint density at radius 3 is 2.42 bits per heavy atom. The van der Waals surface area contributed by atoms with Crippen molar-refractivity contribution in [2.45, 2.75) is 24.5 Å². The summed E-state index contributed by atoms with van der Waals surface area (Å²) in [4.78, 5) is 51.5. The molecule has 1 fully saturated rings. The maximum absolute atomic E-state index is 13.8. The average molecular weight is 564 g/mol. The molecule has 2 heterocycles. The van der Waals surface area contributed by atoms with Crippen molar-refractivity contribution in [3.8, 4) is 0 Å². The Hall–Kier alpha value is -4.77. The van der Waals surface area contributed by atoms with Gasteiger partial charge in [-0.05, 0) is 48.0 Å². The molecule has 11 nitrogen and oxygen atoms in total. The number of likely N-dealkylation sites (tertiary alicyclic amines) is 1. The molecule has 2 aliphatic heterocycles. The highest BCUT2D eigenvalue weighted by Gasteiger charge is 2.49. The Balaban J connectivity index is 1.33. The Morgan fingerprint density at radius 2 is 1.73 bits per heavy atom. The van der Waals surface area contributed by atoms with E-state index in [1.54, 1.807) is 23.1 Å². The van der Waals surface area contributed by atoms with E-state index in [1.165, 1.54) is 24.3 Å². The molecule has 2 aliphatic rings. The van der Waals surface area contributed by atoms with Crippen molar-refractivity contribution < 1.29 is 29.0 Å². The Bertz CT molecular complexity index is 1450. The smallest absolute Gasteiger partial charge is 0.412 e. The largest absolute Gasteiger partial charge is 0.465 e. The first-order valence-electron chi connectivity index (χ1n) is 12.5. The molecular formula is C28H26ClN5O6. The van der Waals surface area contributed by atoms with Gasteiger partial charge >= 0.3 is 18.2 Å². The summed E-state index contributed by atoms with van der Waals surface area (Å²) in [5, 5.41) is 19.7. The summed E-state index contributed by atoms with van der Waals surface area (Å²) in [5.74, 6) is -0.324. The van der Waals surface area contributed by atoms with Crippen molar-refractivity contribution in [1.29, 1.82) is 0 Å². The zero-order valence-corrected chi connectivity index (χ0v) is 21.9. The van der Waals surface area contributed by atoms with Crippen LogP contribution in [-0.4, -0.2) is 53.3 Å². The lowest BCUT2D eigenvalue weighted by Crippen LogP contribution is -2.51. The summed E-state index contributed by atoms with van der Waals surface area (Å²) in [5.41, 5.74) is 1.84. The van der Waals surface area contributed by atoms with Crippen LogP contribution in [0.5, 0.6) is 0 Å². The second kappa shape index (κ2) is 11.1. The normalized spacial score (nSPS) is 18.2. The highest BCUT2D eigenvalue weighted by atomic mass is 35.5. The molecule has 0 saturated carbocycles. The number of ether oxygens (including phenoxy) is 1. The van der Waals surface area contributed by atoms with Gasteiger partial charge in [0.05, 0.1) is 12.2 Å². The highest BCUT2D eigenvalue weighted by Crippen LogP contribution is 2.43. The van der Waals surface area contributed by atoms with Crippen LogP contribution in [0.3, 0.4) is 0 Å². The number of carbonyl (C=O) groups is 4. The molecule has 1 saturated heterocycles. The lowest BCUT2D eigenvalue weighted by molar-refractivity contribution is -0.133. The van der Waals surface area contributed by atoms with Crippen LogP contribution in [-0.2, 0) is 21.6 Å². The fraction of sp³-hybridized carbons (Fsp3) is 0.214. The van der Waals surface area contributed by atoms with Crippen LogP contribution in [0.1, 0.15) is 17.5 Å². The highest BCUT2D eigenvalue weighted by molar-refractivity contribution is 6.30. The number of rotatable bonds is 6. The number of hydrogen-bond donors (Lipinski definition) is 5. The summed E-state index contributed by atoms with van der Waals surface area (Å²) in [7, 11) is 0. The third kappa shape index (κ3) is 5.94. The number of nitrogens with one attached hydrogen (secondary N) is 4. The van der Waals surface area contributed by atoms with E-state index in [9.17, 15) is 19.2 Å². The first kappa shape index (κ1) is 26.8. The molecule has 0 bridgehead atoms. The SMILES string of the molecule is O=C(O)Nc1ccc(NC(=O)N[C@@H](Cc2ccccc2)C(=O)N2CCC3(C2)OC(=O)Nc2ccc(Cl)cc23)cc1. The van der Waals surface area contributed by atoms with Crippen LogP contribution < -0.4 is 21.3 Å². The number of hydrogen-bond acceptors (Lipinski definition) is 5. The van der Waals surface area contributed by atoms with Gasteiger partial charge in [-0.15, -0.1) is 0 Å². The quantitative estimate of drug-likeness (QED) is 0.289. The van der Waals surface area contributed by atoms with E-state index < -0.39 is 29.9 Å². The molecule has 1 spiro atoms. The van der Waals surface area contributed by atoms with Crippen molar-refractivity contribution in [2.24, 2.45) is 0 Å². The van der Waals surface area contributed by atoms with Crippen LogP contribution in [0.2, 0.25) is 5.02 Å². The van der Waals surface area contributed by atoms with Crippen molar-refractivity contribution in [3.05, 3.63) is 88.9 Å². The van der Waals surface area contributed by atoms with Crippen LogP contribution in [0.25, 0.3) is 0 Å². The van der Waals surface area contributed by atoms with E-state index in [-0.39, 0.29) is 18.9 Å². The Kier molecular flexibility index (Phi) is 7.47. The Labute approximate surface area is 234 Å². The number of halogens is 1. The second-order valence-corrected chi connectivity index (χ2v) is 9.99. The van der Waals surface area contributed by atoms with Crippen LogP contribution in [0, 0.1) is 0 Å². The summed E-state index contributed by atoms with van der Waals surface area (Å²) in [6, 6.07) is 19.0. The number of carbonyl (C=O) groups excluding carboxylic acids is 3. The van der Waals surface area contributed by atoms with Crippen molar-refractivity contribution >= 4 is 52.8 Å². The fourth-order valence-corrected chi connectivity index (χ4v) is 5.17. The zero-order chi connectivity index (χ0) is 28.3. The molecule has 0 radical (unpaired) electrons. The van der Waals surface area contributed by atoms with Gasteiger partial charge < -0.3 is 25.4 Å². The molecule has 5 N–H and O–H groups in total. The predicted molar refractivity (Wildman–Crippen MR) is 149 cm³/mol. The lowest BCUT2D eigenvalue weighted by atomic mass is 9.90. The first-order valence-corrected chi connectivity index (χ1v) is 12.9. The molecule has 40 heavy (non-hydrogen) atoms. The monoisotopic (exact) mass is 563 g/mol. The van der Waals surface area contributed by atoms with Gasteiger partial charge in [-0.3, -0.25) is 15.4 Å². The number of urea groups is 1. The van der Waals surface area contributed by atoms with Gasteiger partial charge in [0.2, 0.25) is 5.91 Å². The number of amides is 5. The third-order valence-electron chi connectivity index (χ3n) is 6.82. The summed E-state index contributed by atoms with van der Waals surface area (Å²) < 4.78 is 5.74. The van der Waals surface area contributed by atoms with Crippen LogP contribution in [0.4, 0.5) is 31.4 Å². The lowest BCUT2D eigenvalue weighted by Gasteiger charge is -2.35. The van der Waals surface area contributed by atoms with E-state index in [0.29, 0.717) is 40.6 Å². The van der Waals surface area contributed by atoms with Gasteiger partial charge in [0.25, 0.3) is 0 Å². The van der Waals surface area contributed by atoms with Gasteiger partial charge in [0.1, 0.15) is 6.04 Å². The van der Waals surface area contributed by atoms with E-state index in [1.807, 2.05) is 30.3 Å². The van der Waals surface area contributed by atoms with E-state index in [2.05, 4.69) is 21.3 Å². The molecule has 0 aromatic heterocycles. The van der Waals surface area contributed by atoms with Gasteiger partial charge in [-0.2, -0.15) is 0 Å². The van der Waals surface area contributed by atoms with Gasteiger partial charge in [0.15, 0.2) is 5.60 Å². The maximum Gasteiger partial charge on any atom is 0.412 e. The minimum atomic E-state index is -1.20. The molecule has 3 aromatic rings. The summed E-state index contributed by atoms with van der Waals surface area (Å²) in [6.45, 7) is 0.421. The fourth-order valence-electron chi connectivity index (χ4n) is 5.00. The molecule has 12 heteroatoms. The molecule has 2 atom stereocenters. The standard InChI is InChI=1S/C28H26ClN5O6/c29-18-6-11-22-21(15-18)28(40-27(39)33-22)12-13-34(16-28)24(35)23(14-17-4-2-1-3-5-17)32-25(36)30-19-7-9-20(10-8-19)31-26(37)38/h1-11,15,23,31H,12-14,16H2,(H,33,39)(H,37,38)(H2,30,32,36)/t23-,28?/m0/s1. The zero-order valence-electron chi connectivity index (χ0n) is 21.1.